The first-order valence-electron chi connectivity index (χ1n) is 8.42. The molecule has 0 bridgehead atoms. The number of sulfone groups is 1. The minimum absolute atomic E-state index is 0.0415. The number of nitrogens with one attached hydrogen (secondary N) is 1. The third kappa shape index (κ3) is 4.32. The highest BCUT2D eigenvalue weighted by Gasteiger charge is 2.39. The second-order valence-electron chi connectivity index (χ2n) is 6.61. The van der Waals surface area contributed by atoms with Gasteiger partial charge in [-0.05, 0) is 61.1 Å². The second-order valence-corrected chi connectivity index (χ2v) is 8.56. The predicted octanol–water partition coefficient (Wildman–Crippen LogP) is 4.14. The molecule has 1 atom stereocenters. The average molecular weight is 397 g/mol. The molecule has 2 aromatic rings. The maximum atomic E-state index is 12.7. The first-order valence-corrected chi connectivity index (χ1v) is 9.90. The number of hydrogen-bond acceptors (Lipinski definition) is 3. The van der Waals surface area contributed by atoms with Gasteiger partial charge in [0.15, 0.2) is 0 Å². The van der Waals surface area contributed by atoms with E-state index in [0.717, 1.165) is 18.4 Å². The molecule has 144 valence electrons. The number of benzene rings is 2. The van der Waals surface area contributed by atoms with E-state index in [1.165, 1.54) is 31.2 Å². The molecule has 0 radical (unpaired) electrons. The number of alkyl halides is 3. The topological polar surface area (TPSA) is 63.2 Å². The summed E-state index contributed by atoms with van der Waals surface area (Å²) in [5.41, 5.74) is 1.49. The van der Waals surface area contributed by atoms with Crippen LogP contribution in [0.4, 0.5) is 13.2 Å². The van der Waals surface area contributed by atoms with Gasteiger partial charge in [0, 0.05) is 0 Å². The molecule has 0 heterocycles. The largest absolute Gasteiger partial charge is 0.471 e. The third-order valence-corrected chi connectivity index (χ3v) is 6.32. The van der Waals surface area contributed by atoms with Gasteiger partial charge in [-0.25, -0.2) is 8.42 Å². The van der Waals surface area contributed by atoms with Gasteiger partial charge in [-0.3, -0.25) is 4.79 Å². The van der Waals surface area contributed by atoms with E-state index < -0.39 is 28.0 Å². The lowest BCUT2D eigenvalue weighted by molar-refractivity contribution is -0.174. The number of rotatable bonds is 5. The van der Waals surface area contributed by atoms with Crippen LogP contribution in [0.2, 0.25) is 0 Å². The van der Waals surface area contributed by atoms with Gasteiger partial charge >= 0.3 is 12.1 Å². The van der Waals surface area contributed by atoms with Crippen LogP contribution in [0.1, 0.15) is 42.9 Å². The average Bonchev–Trinajstić information content (AvgIpc) is 3.46. The zero-order valence-corrected chi connectivity index (χ0v) is 15.3. The van der Waals surface area contributed by atoms with Gasteiger partial charge in [0.2, 0.25) is 9.84 Å². The molecular formula is C19H18F3NO3S. The van der Waals surface area contributed by atoms with Crippen LogP contribution < -0.4 is 5.32 Å². The fourth-order valence-corrected chi connectivity index (χ4v) is 4.03. The minimum atomic E-state index is -4.97. The number of carbonyl (C=O) groups is 1. The molecule has 1 aliphatic carbocycles. The number of carbonyl (C=O) groups excluding carboxylic acids is 1. The summed E-state index contributed by atoms with van der Waals surface area (Å²) in [7, 11) is -3.72. The van der Waals surface area contributed by atoms with Crippen molar-refractivity contribution in [3.8, 4) is 0 Å². The van der Waals surface area contributed by atoms with Crippen LogP contribution in [-0.4, -0.2) is 20.5 Å². The van der Waals surface area contributed by atoms with Crippen molar-refractivity contribution >= 4 is 15.7 Å². The third-order valence-electron chi connectivity index (χ3n) is 4.53. The van der Waals surface area contributed by atoms with Crippen molar-refractivity contribution in [2.75, 3.05) is 0 Å². The summed E-state index contributed by atoms with van der Waals surface area (Å²) >= 11 is 0. The lowest BCUT2D eigenvalue weighted by atomic mass is 10.1. The zero-order chi connectivity index (χ0) is 19.8. The molecule has 2 aromatic carbocycles. The maximum absolute atomic E-state index is 12.7. The molecule has 27 heavy (non-hydrogen) atoms. The molecule has 1 N–H and O–H groups in total. The highest BCUT2D eigenvalue weighted by Crippen LogP contribution is 2.40. The van der Waals surface area contributed by atoms with Crippen LogP contribution in [0.3, 0.4) is 0 Å². The van der Waals surface area contributed by atoms with E-state index in [-0.39, 0.29) is 9.79 Å². The van der Waals surface area contributed by atoms with Gasteiger partial charge in [-0.2, -0.15) is 13.2 Å². The summed E-state index contributed by atoms with van der Waals surface area (Å²) in [5, 5.41) is 1.84. The molecule has 4 nitrogen and oxygen atoms in total. The highest BCUT2D eigenvalue weighted by atomic mass is 32.2. The molecule has 1 saturated carbocycles. The van der Waals surface area contributed by atoms with Crippen LogP contribution in [-0.2, 0) is 14.6 Å². The summed E-state index contributed by atoms with van der Waals surface area (Å²) in [6.45, 7) is 1.39. The number of hydrogen-bond donors (Lipinski definition) is 1. The summed E-state index contributed by atoms with van der Waals surface area (Å²) in [4.78, 5) is 11.2. The van der Waals surface area contributed by atoms with Crippen LogP contribution >= 0.6 is 0 Å². The Labute approximate surface area is 155 Å². The normalized spacial score (nSPS) is 16.0. The van der Waals surface area contributed by atoms with Crippen LogP contribution in [0, 0.1) is 0 Å². The van der Waals surface area contributed by atoms with Gasteiger partial charge in [0.1, 0.15) is 0 Å². The molecule has 1 unspecified atom stereocenters. The molecule has 0 saturated heterocycles. The monoisotopic (exact) mass is 397 g/mol. The van der Waals surface area contributed by atoms with Crippen molar-refractivity contribution in [3.63, 3.8) is 0 Å². The number of halogens is 3. The van der Waals surface area contributed by atoms with Crippen molar-refractivity contribution in [3.05, 3.63) is 59.7 Å². The SMILES string of the molecule is CC(NC(=O)C(F)(F)F)c1ccc(S(=O)(=O)c2ccc(C3CC3)cc2)cc1. The fourth-order valence-electron chi connectivity index (χ4n) is 2.77. The first-order chi connectivity index (χ1) is 12.6. The van der Waals surface area contributed by atoms with Gasteiger partial charge in [0.05, 0.1) is 15.8 Å². The van der Waals surface area contributed by atoms with Crippen molar-refractivity contribution in [2.45, 2.75) is 47.7 Å². The van der Waals surface area contributed by atoms with Gasteiger partial charge in [0.25, 0.3) is 0 Å². The zero-order valence-electron chi connectivity index (χ0n) is 14.5. The van der Waals surface area contributed by atoms with E-state index in [0.29, 0.717) is 11.5 Å². The quantitative estimate of drug-likeness (QED) is 0.825. The molecule has 0 aromatic heterocycles. The smallest absolute Gasteiger partial charge is 0.342 e. The summed E-state index contributed by atoms with van der Waals surface area (Å²) < 4.78 is 62.4. The molecule has 1 aliphatic rings. The number of amides is 1. The van der Waals surface area contributed by atoms with E-state index >= 15 is 0 Å². The van der Waals surface area contributed by atoms with Crippen LogP contribution in [0.5, 0.6) is 0 Å². The van der Waals surface area contributed by atoms with Crippen LogP contribution in [0.15, 0.2) is 58.3 Å². The maximum Gasteiger partial charge on any atom is 0.471 e. The van der Waals surface area contributed by atoms with Crippen molar-refractivity contribution in [2.24, 2.45) is 0 Å². The van der Waals surface area contributed by atoms with Gasteiger partial charge < -0.3 is 5.32 Å². The van der Waals surface area contributed by atoms with E-state index in [9.17, 15) is 26.4 Å². The summed E-state index contributed by atoms with van der Waals surface area (Å²) in [5.74, 6) is -1.52. The Kier molecular flexibility index (Phi) is 5.03. The van der Waals surface area contributed by atoms with Gasteiger partial charge in [-0.1, -0.05) is 24.3 Å². The Hall–Kier alpha value is -2.35. The summed E-state index contributed by atoms with van der Waals surface area (Å²) in [6.07, 6.45) is -2.72. The summed E-state index contributed by atoms with van der Waals surface area (Å²) in [6, 6.07) is 11.3. The first kappa shape index (κ1) is 19.4. The highest BCUT2D eigenvalue weighted by molar-refractivity contribution is 7.91. The minimum Gasteiger partial charge on any atom is -0.342 e. The van der Waals surface area contributed by atoms with Crippen molar-refractivity contribution in [1.29, 1.82) is 0 Å². The molecule has 3 rings (SSSR count). The Morgan fingerprint density at radius 1 is 1.00 bits per heavy atom. The Balaban J connectivity index is 1.76. The molecule has 1 amide bonds. The van der Waals surface area contributed by atoms with E-state index in [4.69, 9.17) is 0 Å². The van der Waals surface area contributed by atoms with E-state index in [1.54, 1.807) is 12.1 Å². The molecule has 0 spiro atoms. The molecular weight excluding hydrogens is 379 g/mol. The Bertz CT molecular complexity index is 932. The molecule has 8 heteroatoms. The molecule has 0 aliphatic heterocycles. The van der Waals surface area contributed by atoms with Crippen LogP contribution in [0.25, 0.3) is 0 Å². The fraction of sp³-hybridized carbons (Fsp3) is 0.316. The van der Waals surface area contributed by atoms with Crippen molar-refractivity contribution in [1.82, 2.24) is 5.32 Å². The Morgan fingerprint density at radius 3 is 1.93 bits per heavy atom. The van der Waals surface area contributed by atoms with E-state index in [2.05, 4.69) is 0 Å². The molecule has 1 fully saturated rings. The Morgan fingerprint density at radius 2 is 1.48 bits per heavy atom. The standard InChI is InChI=1S/C19H18F3NO3S/c1-12(23-18(24)19(20,21)22)13-4-8-16(9-5-13)27(25,26)17-10-6-15(7-11-17)14-2-3-14/h4-12,14H,2-3H2,1H3,(H,23,24). The van der Waals surface area contributed by atoms with Gasteiger partial charge in [-0.15, -0.1) is 0 Å². The van der Waals surface area contributed by atoms with Crippen molar-refractivity contribution < 1.29 is 26.4 Å². The lowest BCUT2D eigenvalue weighted by Gasteiger charge is -2.16. The predicted molar refractivity (Wildman–Crippen MR) is 92.9 cm³/mol. The van der Waals surface area contributed by atoms with E-state index in [1.807, 2.05) is 17.4 Å². The second kappa shape index (κ2) is 6.99. The lowest BCUT2D eigenvalue weighted by Crippen LogP contribution is -2.38.